The molecule has 0 aliphatic carbocycles. The van der Waals surface area contributed by atoms with Gasteiger partial charge in [0.25, 0.3) is 11.5 Å². The number of pyridine rings is 1. The van der Waals surface area contributed by atoms with Crippen molar-refractivity contribution in [3.8, 4) is 28.1 Å². The van der Waals surface area contributed by atoms with E-state index >= 15 is 0 Å². The first kappa shape index (κ1) is 25.9. The lowest BCUT2D eigenvalue weighted by molar-refractivity contribution is -0.123. The topological polar surface area (TPSA) is 99.5 Å². The van der Waals surface area contributed by atoms with Gasteiger partial charge in [0.05, 0.1) is 12.8 Å². The van der Waals surface area contributed by atoms with Gasteiger partial charge in [-0.05, 0) is 36.1 Å². The zero-order valence-electron chi connectivity index (χ0n) is 21.5. The summed E-state index contributed by atoms with van der Waals surface area (Å²) >= 11 is 1.25. The second-order valence-electron chi connectivity index (χ2n) is 8.77. The van der Waals surface area contributed by atoms with Gasteiger partial charge in [-0.2, -0.15) is 0 Å². The highest BCUT2D eigenvalue weighted by Crippen LogP contribution is 2.33. The molecule has 0 radical (unpaired) electrons. The lowest BCUT2D eigenvalue weighted by atomic mass is 9.97. The third-order valence-corrected chi connectivity index (χ3v) is 7.09. The van der Waals surface area contributed by atoms with E-state index in [0.717, 1.165) is 11.1 Å². The lowest BCUT2D eigenvalue weighted by Crippen LogP contribution is -2.32. The van der Waals surface area contributed by atoms with Crippen LogP contribution in [0.15, 0.2) is 89.0 Å². The number of methoxy groups -OCH3 is 1. The highest BCUT2D eigenvalue weighted by atomic mass is 32.1. The molecule has 196 valence electrons. The van der Waals surface area contributed by atoms with Crippen LogP contribution in [0.1, 0.15) is 17.4 Å². The molecule has 2 aromatic heterocycles. The Kier molecular flexibility index (Phi) is 7.25. The molecule has 39 heavy (non-hydrogen) atoms. The first-order chi connectivity index (χ1) is 18.9. The third-order valence-electron chi connectivity index (χ3n) is 6.33. The van der Waals surface area contributed by atoms with Crippen molar-refractivity contribution in [1.29, 1.82) is 0 Å². The van der Waals surface area contributed by atoms with Gasteiger partial charge in [0.2, 0.25) is 0 Å². The first-order valence-corrected chi connectivity index (χ1v) is 13.0. The molecule has 1 unspecified atom stereocenters. The third kappa shape index (κ3) is 5.04. The van der Waals surface area contributed by atoms with Gasteiger partial charge in [0.15, 0.2) is 11.2 Å². The molecule has 1 N–H and O–H groups in total. The Labute approximate surface area is 228 Å². The molecule has 1 amide bonds. The van der Waals surface area contributed by atoms with E-state index in [9.17, 15) is 14.4 Å². The minimum absolute atomic E-state index is 0.0669. The van der Waals surface area contributed by atoms with Crippen LogP contribution in [-0.4, -0.2) is 34.6 Å². The van der Waals surface area contributed by atoms with E-state index in [1.807, 2.05) is 60.7 Å². The molecule has 9 heteroatoms. The Morgan fingerprint density at radius 1 is 0.949 bits per heavy atom. The maximum absolute atomic E-state index is 13.5. The summed E-state index contributed by atoms with van der Waals surface area (Å²) in [6, 6.07) is 23.9. The molecular weight excluding hydrogens is 514 g/mol. The van der Waals surface area contributed by atoms with Crippen molar-refractivity contribution in [2.45, 2.75) is 13.0 Å². The number of hydrogen-bond acceptors (Lipinski definition) is 7. The maximum atomic E-state index is 13.5. The van der Waals surface area contributed by atoms with Gasteiger partial charge in [-0.15, -0.1) is 11.3 Å². The number of benzene rings is 3. The van der Waals surface area contributed by atoms with Gasteiger partial charge in [0, 0.05) is 28.9 Å². The molecule has 0 saturated heterocycles. The maximum Gasteiger partial charge on any atom is 0.356 e. The number of fused-ring (bicyclic) bond motifs is 1. The van der Waals surface area contributed by atoms with Crippen molar-refractivity contribution in [2.75, 3.05) is 12.4 Å². The molecule has 5 rings (SSSR count). The summed E-state index contributed by atoms with van der Waals surface area (Å²) in [5, 5.41) is 5.98. The van der Waals surface area contributed by atoms with E-state index in [4.69, 9.17) is 9.47 Å². The Morgan fingerprint density at radius 2 is 1.62 bits per heavy atom. The predicted molar refractivity (Wildman–Crippen MR) is 152 cm³/mol. The molecule has 1 atom stereocenters. The number of esters is 1. The van der Waals surface area contributed by atoms with E-state index in [0.29, 0.717) is 32.9 Å². The highest BCUT2D eigenvalue weighted by Gasteiger charge is 2.27. The summed E-state index contributed by atoms with van der Waals surface area (Å²) in [6.07, 6.45) is -1.15. The molecule has 0 spiro atoms. The average Bonchev–Trinajstić information content (AvgIpc) is 3.43. The van der Waals surface area contributed by atoms with Crippen molar-refractivity contribution in [2.24, 2.45) is 7.05 Å². The van der Waals surface area contributed by atoms with E-state index in [-0.39, 0.29) is 11.3 Å². The van der Waals surface area contributed by atoms with Crippen molar-refractivity contribution in [1.82, 2.24) is 9.55 Å². The molecule has 2 heterocycles. The van der Waals surface area contributed by atoms with E-state index in [1.165, 1.54) is 29.9 Å². The van der Waals surface area contributed by atoms with Crippen LogP contribution in [0.4, 0.5) is 5.13 Å². The van der Waals surface area contributed by atoms with Gasteiger partial charge in [-0.1, -0.05) is 60.7 Å². The Bertz CT molecular complexity index is 1740. The fourth-order valence-electron chi connectivity index (χ4n) is 4.39. The molecule has 3 aromatic carbocycles. The number of aromatic nitrogens is 2. The van der Waals surface area contributed by atoms with Crippen LogP contribution in [0, 0.1) is 0 Å². The number of carbonyl (C=O) groups is 2. The molecule has 0 saturated carbocycles. The minimum Gasteiger partial charge on any atom is -0.496 e. The van der Waals surface area contributed by atoms with Gasteiger partial charge < -0.3 is 14.0 Å². The van der Waals surface area contributed by atoms with Crippen LogP contribution >= 0.6 is 11.3 Å². The smallest absolute Gasteiger partial charge is 0.356 e. The lowest BCUT2D eigenvalue weighted by Gasteiger charge is -2.18. The molecule has 0 bridgehead atoms. The number of amides is 1. The number of anilines is 1. The largest absolute Gasteiger partial charge is 0.496 e. The normalized spacial score (nSPS) is 11.7. The van der Waals surface area contributed by atoms with Crippen LogP contribution in [0.2, 0.25) is 0 Å². The summed E-state index contributed by atoms with van der Waals surface area (Å²) in [4.78, 5) is 44.1. The van der Waals surface area contributed by atoms with Crippen molar-refractivity contribution in [3.05, 3.63) is 100 Å². The number of rotatable bonds is 7. The average molecular weight is 540 g/mol. The summed E-state index contributed by atoms with van der Waals surface area (Å²) in [5.74, 6) is -0.662. The zero-order valence-corrected chi connectivity index (χ0v) is 22.3. The highest BCUT2D eigenvalue weighted by molar-refractivity contribution is 7.14. The summed E-state index contributed by atoms with van der Waals surface area (Å²) in [6.45, 7) is 1.48. The molecular formula is C30H25N3O5S. The van der Waals surface area contributed by atoms with Gasteiger partial charge in [-0.25, -0.2) is 9.78 Å². The Hall–Kier alpha value is -4.76. The van der Waals surface area contributed by atoms with Gasteiger partial charge in [-0.3, -0.25) is 14.9 Å². The molecule has 0 fully saturated rings. The van der Waals surface area contributed by atoms with E-state index < -0.39 is 18.0 Å². The minimum atomic E-state index is -1.15. The van der Waals surface area contributed by atoms with Crippen molar-refractivity contribution in [3.63, 3.8) is 0 Å². The predicted octanol–water partition coefficient (Wildman–Crippen LogP) is 5.52. The molecule has 8 nitrogen and oxygen atoms in total. The van der Waals surface area contributed by atoms with E-state index in [2.05, 4.69) is 10.3 Å². The number of carbonyl (C=O) groups excluding carboxylic acids is 2. The SMILES string of the molecule is COc1ccccc1-c1csc(NC(=O)C(C)OC(=O)c2c(-c3ccccc3)c3ccccc3c(=O)n2C)n1. The second kappa shape index (κ2) is 10.9. The number of nitrogens with one attached hydrogen (secondary N) is 1. The summed E-state index contributed by atoms with van der Waals surface area (Å²) < 4.78 is 12.3. The number of nitrogens with zero attached hydrogens (tertiary/aromatic N) is 2. The Morgan fingerprint density at radius 3 is 2.36 bits per heavy atom. The number of hydrogen-bond donors (Lipinski definition) is 1. The van der Waals surface area contributed by atoms with Crippen LogP contribution < -0.4 is 15.6 Å². The number of para-hydroxylation sites is 1. The zero-order chi connectivity index (χ0) is 27.5. The van der Waals surface area contributed by atoms with Crippen LogP contribution in [-0.2, 0) is 16.6 Å². The van der Waals surface area contributed by atoms with Gasteiger partial charge >= 0.3 is 5.97 Å². The Balaban J connectivity index is 1.41. The van der Waals surface area contributed by atoms with Crippen molar-refractivity contribution < 1.29 is 19.1 Å². The fourth-order valence-corrected chi connectivity index (χ4v) is 5.10. The summed E-state index contributed by atoms with van der Waals surface area (Å²) in [5.41, 5.74) is 2.49. The second-order valence-corrected chi connectivity index (χ2v) is 9.63. The standard InChI is InChI=1S/C30H25N3O5S/c1-18(27(34)32-30-31-23(17-39-30)22-15-9-10-16-24(22)37-3)38-29(36)26-25(19-11-5-4-6-12-19)20-13-7-8-14-21(20)28(35)33(26)2/h4-18H,1-3H3,(H,31,32,34). The first-order valence-electron chi connectivity index (χ1n) is 12.2. The monoisotopic (exact) mass is 539 g/mol. The van der Waals surface area contributed by atoms with Crippen LogP contribution in [0.3, 0.4) is 0 Å². The van der Waals surface area contributed by atoms with Gasteiger partial charge in [0.1, 0.15) is 11.4 Å². The number of ether oxygens (including phenoxy) is 2. The summed E-state index contributed by atoms with van der Waals surface area (Å²) in [7, 11) is 3.11. The molecule has 0 aliphatic rings. The quantitative estimate of drug-likeness (QED) is 0.273. The van der Waals surface area contributed by atoms with Crippen LogP contribution in [0.5, 0.6) is 5.75 Å². The molecule has 5 aromatic rings. The van der Waals surface area contributed by atoms with Crippen LogP contribution in [0.25, 0.3) is 33.2 Å². The van der Waals surface area contributed by atoms with Crippen molar-refractivity contribution >= 4 is 39.1 Å². The van der Waals surface area contributed by atoms with E-state index in [1.54, 1.807) is 30.7 Å². The number of thiazole rings is 1. The fraction of sp³-hybridized carbons (Fsp3) is 0.133. The molecule has 0 aliphatic heterocycles.